The van der Waals surface area contributed by atoms with E-state index in [-0.39, 0.29) is 26.2 Å². The summed E-state index contributed by atoms with van der Waals surface area (Å²) in [7, 11) is 0. The van der Waals surface area contributed by atoms with E-state index in [1.165, 1.54) is 0 Å². The van der Waals surface area contributed by atoms with Crippen LogP contribution in [-0.2, 0) is 26.2 Å². The van der Waals surface area contributed by atoms with Crippen LogP contribution in [-0.4, -0.2) is 0 Å². The molecule has 10 radical (unpaired) electrons. The second kappa shape index (κ2) is 17.3. The first kappa shape index (κ1) is 18.3. The standard InChI is InChI=1S/2C5H5.C4H8.Zr/c2*1-2-4-5-3-1;1-3-4-2;/h2*1-5H;1-4H2;/q;;-2;+4. The Balaban J connectivity index is 0. The number of rotatable bonds is 1. The van der Waals surface area contributed by atoms with Crippen LogP contribution < -0.4 is 0 Å². The molecule has 0 aliphatic heterocycles. The molecule has 76 valence electrons. The van der Waals surface area contributed by atoms with Gasteiger partial charge in [0.1, 0.15) is 0 Å². The first-order valence-electron chi connectivity index (χ1n) is 4.83. The molecule has 0 heterocycles. The van der Waals surface area contributed by atoms with Crippen LogP contribution in [0.4, 0.5) is 0 Å². The second-order valence-corrected chi connectivity index (χ2v) is 2.63. The Hall–Kier alpha value is 0.883. The van der Waals surface area contributed by atoms with Crippen molar-refractivity contribution < 1.29 is 26.2 Å². The van der Waals surface area contributed by atoms with Gasteiger partial charge in [-0.25, -0.2) is 12.8 Å². The van der Waals surface area contributed by atoms with E-state index in [1.807, 2.05) is 64.2 Å². The van der Waals surface area contributed by atoms with E-state index in [0.29, 0.717) is 0 Å². The zero-order chi connectivity index (χ0) is 10.5. The van der Waals surface area contributed by atoms with E-state index in [1.54, 1.807) is 0 Å². The van der Waals surface area contributed by atoms with Crippen LogP contribution in [0.15, 0.2) is 0 Å². The smallest absolute Gasteiger partial charge is 0.346 e. The van der Waals surface area contributed by atoms with Crippen LogP contribution in [0.3, 0.4) is 0 Å². The van der Waals surface area contributed by atoms with Gasteiger partial charge in [-0.05, 0) is 64.2 Å². The van der Waals surface area contributed by atoms with Crippen LogP contribution in [0.5, 0.6) is 0 Å². The molecule has 0 spiro atoms. The van der Waals surface area contributed by atoms with Crippen molar-refractivity contribution in [3.63, 3.8) is 0 Å². The van der Waals surface area contributed by atoms with Gasteiger partial charge in [0, 0.05) is 0 Å². The van der Waals surface area contributed by atoms with Crippen molar-refractivity contribution in [1.82, 2.24) is 0 Å². The van der Waals surface area contributed by atoms with Crippen LogP contribution in [0, 0.1) is 78.1 Å². The maximum atomic E-state index is 3.54. The van der Waals surface area contributed by atoms with Crippen molar-refractivity contribution in [2.45, 2.75) is 12.8 Å². The van der Waals surface area contributed by atoms with Crippen LogP contribution in [0.1, 0.15) is 12.8 Å². The summed E-state index contributed by atoms with van der Waals surface area (Å²) in [6.45, 7) is 7.08. The SMILES string of the molecule is [CH2-]CC[CH2-].[CH]1[CH][CH][CH][CH]1.[CH]1[CH][CH][CH][CH]1.[Zr+4]. The first-order valence-corrected chi connectivity index (χ1v) is 4.83. The van der Waals surface area contributed by atoms with E-state index in [0.717, 1.165) is 12.8 Å². The minimum absolute atomic E-state index is 0. The Bertz CT molecular complexity index is 56.1. The number of unbranched alkanes of at least 4 members (excludes halogenated alkanes) is 1. The molecular formula is C14H18Zr+2. The van der Waals surface area contributed by atoms with Gasteiger partial charge in [0.25, 0.3) is 0 Å². The van der Waals surface area contributed by atoms with Crippen molar-refractivity contribution in [3.8, 4) is 0 Å². The van der Waals surface area contributed by atoms with E-state index < -0.39 is 0 Å². The van der Waals surface area contributed by atoms with E-state index in [2.05, 4.69) is 13.8 Å². The molecule has 0 aromatic heterocycles. The summed E-state index contributed by atoms with van der Waals surface area (Å²) in [4.78, 5) is 0. The van der Waals surface area contributed by atoms with Crippen molar-refractivity contribution >= 4 is 0 Å². The Morgan fingerprint density at radius 3 is 0.667 bits per heavy atom. The third kappa shape index (κ3) is 17.5. The maximum Gasteiger partial charge on any atom is 4.00 e. The average molecular weight is 278 g/mol. The minimum Gasteiger partial charge on any atom is -0.346 e. The molecule has 0 aromatic rings. The van der Waals surface area contributed by atoms with Crippen molar-refractivity contribution in [3.05, 3.63) is 78.1 Å². The van der Waals surface area contributed by atoms with Crippen LogP contribution >= 0.6 is 0 Å². The molecule has 2 fully saturated rings. The van der Waals surface area contributed by atoms with Gasteiger partial charge in [-0.3, -0.25) is 0 Å². The van der Waals surface area contributed by atoms with Crippen LogP contribution in [0.2, 0.25) is 0 Å². The molecule has 0 unspecified atom stereocenters. The molecule has 2 rings (SSSR count). The normalized spacial score (nSPS) is 18.0. The zero-order valence-electron chi connectivity index (χ0n) is 9.10. The predicted molar refractivity (Wildman–Crippen MR) is 62.9 cm³/mol. The van der Waals surface area contributed by atoms with Crippen molar-refractivity contribution in [2.24, 2.45) is 0 Å². The van der Waals surface area contributed by atoms with Gasteiger partial charge in [0.2, 0.25) is 0 Å². The molecule has 0 nitrogen and oxygen atoms in total. The molecule has 0 bridgehead atoms. The fraction of sp³-hybridized carbons (Fsp3) is 0.143. The minimum atomic E-state index is 0. The Labute approximate surface area is 117 Å². The summed E-state index contributed by atoms with van der Waals surface area (Å²) in [6.07, 6.45) is 21.9. The topological polar surface area (TPSA) is 0 Å². The molecule has 15 heavy (non-hydrogen) atoms. The molecule has 0 amide bonds. The summed E-state index contributed by atoms with van der Waals surface area (Å²) in [5.41, 5.74) is 0. The van der Waals surface area contributed by atoms with Gasteiger partial charge in [0.05, 0.1) is 0 Å². The van der Waals surface area contributed by atoms with Crippen LogP contribution in [0.25, 0.3) is 0 Å². The fourth-order valence-corrected chi connectivity index (χ4v) is 0.642. The Morgan fingerprint density at radius 2 is 0.600 bits per heavy atom. The Kier molecular flexibility index (Phi) is 21.0. The van der Waals surface area contributed by atoms with Gasteiger partial charge in [-0.15, -0.1) is 0 Å². The molecular weight excluding hydrogens is 259 g/mol. The molecule has 0 aromatic carbocycles. The average Bonchev–Trinajstić information content (AvgIpc) is 2.94. The van der Waals surface area contributed by atoms with Crippen molar-refractivity contribution in [2.75, 3.05) is 0 Å². The fourth-order valence-electron chi connectivity index (χ4n) is 0.642. The predicted octanol–water partition coefficient (Wildman–Crippen LogP) is 3.48. The maximum absolute atomic E-state index is 3.54. The number of hydrogen-bond donors (Lipinski definition) is 0. The summed E-state index contributed by atoms with van der Waals surface area (Å²) in [5.74, 6) is 0. The van der Waals surface area contributed by atoms with Gasteiger partial charge >= 0.3 is 26.2 Å². The van der Waals surface area contributed by atoms with E-state index >= 15 is 0 Å². The molecule has 1 heteroatoms. The summed E-state index contributed by atoms with van der Waals surface area (Å²) >= 11 is 0. The zero-order valence-corrected chi connectivity index (χ0v) is 11.6. The van der Waals surface area contributed by atoms with Gasteiger partial charge in [-0.1, -0.05) is 0 Å². The van der Waals surface area contributed by atoms with Gasteiger partial charge in [-0.2, -0.15) is 0 Å². The third-order valence-corrected chi connectivity index (χ3v) is 1.36. The van der Waals surface area contributed by atoms with E-state index in [4.69, 9.17) is 0 Å². The molecule has 2 aliphatic carbocycles. The Morgan fingerprint density at radius 1 is 0.467 bits per heavy atom. The summed E-state index contributed by atoms with van der Waals surface area (Å²) in [5, 5.41) is 0. The molecule has 0 N–H and O–H groups in total. The first-order chi connectivity index (χ1) is 6.91. The summed E-state index contributed by atoms with van der Waals surface area (Å²) in [6, 6.07) is 0. The molecule has 2 aliphatic rings. The van der Waals surface area contributed by atoms with Gasteiger partial charge < -0.3 is 13.8 Å². The monoisotopic (exact) mass is 276 g/mol. The largest absolute Gasteiger partial charge is 4.00 e. The molecule has 2 saturated carbocycles. The quantitative estimate of drug-likeness (QED) is 0.644. The molecule has 0 saturated heterocycles. The van der Waals surface area contributed by atoms with E-state index in [9.17, 15) is 0 Å². The second-order valence-electron chi connectivity index (χ2n) is 2.63. The van der Waals surface area contributed by atoms with Crippen molar-refractivity contribution in [1.29, 1.82) is 0 Å². The number of hydrogen-bond acceptors (Lipinski definition) is 0. The summed E-state index contributed by atoms with van der Waals surface area (Å²) < 4.78 is 0. The third-order valence-electron chi connectivity index (χ3n) is 1.36. The molecule has 0 atom stereocenters. The van der Waals surface area contributed by atoms with Gasteiger partial charge in [0.15, 0.2) is 0 Å².